The van der Waals surface area contributed by atoms with Crippen LogP contribution in [0, 0.1) is 0 Å². The Bertz CT molecular complexity index is 1430. The molecular formula is C25H28N4O4S. The van der Waals surface area contributed by atoms with E-state index in [1.54, 1.807) is 4.68 Å². The average molecular weight is 481 g/mol. The van der Waals surface area contributed by atoms with E-state index in [0.717, 1.165) is 30.2 Å². The van der Waals surface area contributed by atoms with Gasteiger partial charge in [-0.05, 0) is 56.5 Å². The fourth-order valence-corrected chi connectivity index (χ4v) is 6.88. The molecule has 1 fully saturated rings. The molecule has 34 heavy (non-hydrogen) atoms. The summed E-state index contributed by atoms with van der Waals surface area (Å²) < 4.78 is 9.52. The third kappa shape index (κ3) is 3.44. The van der Waals surface area contributed by atoms with Crippen molar-refractivity contribution in [3.8, 4) is 0 Å². The van der Waals surface area contributed by atoms with E-state index in [-0.39, 0.29) is 34.4 Å². The molecule has 0 aliphatic carbocycles. The highest BCUT2D eigenvalue weighted by atomic mass is 32.2. The number of hydrogen-bond acceptors (Lipinski definition) is 5. The van der Waals surface area contributed by atoms with E-state index in [0.29, 0.717) is 36.5 Å². The van der Waals surface area contributed by atoms with Crippen molar-refractivity contribution in [3.05, 3.63) is 61.7 Å². The Labute approximate surface area is 200 Å². The van der Waals surface area contributed by atoms with Crippen LogP contribution in [0.1, 0.15) is 61.1 Å². The average Bonchev–Trinajstić information content (AvgIpc) is 3.01. The van der Waals surface area contributed by atoms with Crippen molar-refractivity contribution in [2.24, 2.45) is 0 Å². The van der Waals surface area contributed by atoms with Crippen LogP contribution in [0.4, 0.5) is 5.82 Å². The molecule has 8 nitrogen and oxygen atoms in total. The number of nitrogens with zero attached hydrogens (tertiary/aromatic N) is 2. The van der Waals surface area contributed by atoms with Crippen LogP contribution in [0.25, 0.3) is 10.9 Å². The minimum absolute atomic E-state index is 0.00864. The summed E-state index contributed by atoms with van der Waals surface area (Å²) in [6, 6.07) is 8.04. The van der Waals surface area contributed by atoms with Gasteiger partial charge in [0.15, 0.2) is 0 Å². The highest BCUT2D eigenvalue weighted by Gasteiger charge is 2.37. The number of H-pyrrole nitrogens is 1. The Morgan fingerprint density at radius 1 is 1.21 bits per heavy atom. The third-order valence-electron chi connectivity index (χ3n) is 7.23. The van der Waals surface area contributed by atoms with E-state index in [1.165, 1.54) is 17.3 Å². The molecule has 3 aliphatic heterocycles. The number of aryl methyl sites for hydroxylation is 2. The minimum atomic E-state index is -0.530. The fraction of sp³-hybridized carbons (Fsp3) is 0.480. The van der Waals surface area contributed by atoms with Crippen LogP contribution < -0.4 is 16.4 Å². The van der Waals surface area contributed by atoms with Gasteiger partial charge in [-0.1, -0.05) is 18.2 Å². The lowest BCUT2D eigenvalue weighted by molar-refractivity contribution is -0.113. The Morgan fingerprint density at radius 3 is 2.88 bits per heavy atom. The van der Waals surface area contributed by atoms with E-state index >= 15 is 0 Å². The topological polar surface area (TPSA) is 98.1 Å². The highest BCUT2D eigenvalue weighted by Crippen LogP contribution is 2.42. The van der Waals surface area contributed by atoms with Crippen LogP contribution in [0.5, 0.6) is 0 Å². The zero-order chi connectivity index (χ0) is 23.6. The lowest BCUT2D eigenvalue weighted by Gasteiger charge is -2.36. The number of fused-ring (bicyclic) bond motifs is 1. The van der Waals surface area contributed by atoms with E-state index in [1.807, 2.05) is 36.6 Å². The number of para-hydroxylation sites is 1. The second-order valence-corrected chi connectivity index (χ2v) is 11.2. The molecule has 0 radical (unpaired) electrons. The molecule has 6 rings (SSSR count). The molecule has 2 N–H and O–H groups in total. The smallest absolute Gasteiger partial charge is 0.270 e. The van der Waals surface area contributed by atoms with Gasteiger partial charge in [0.2, 0.25) is 5.91 Å². The van der Waals surface area contributed by atoms with Crippen LogP contribution in [0.3, 0.4) is 0 Å². The van der Waals surface area contributed by atoms with Gasteiger partial charge in [0, 0.05) is 18.7 Å². The SMILES string of the molecule is CC1(C)C[C@@H](n2[nH]c(=O)c3c2NC(=O)CS[C@@H]3c2cc3cccc4c3n(c2=O)CCC4)CCO1. The number of thioether (sulfide) groups is 1. The number of benzene rings is 1. The number of pyridine rings is 1. The normalized spacial score (nSPS) is 23.9. The number of aromatic amines is 1. The van der Waals surface area contributed by atoms with Gasteiger partial charge in [0.1, 0.15) is 5.82 Å². The second-order valence-electron chi connectivity index (χ2n) is 10.1. The standard InChI is InChI=1S/C25H28N4O4S/c1-25(2)12-16(8-10-33-25)29-22-19(23(31)27-29)21(34-13-18(30)26-22)17-11-15-6-3-5-14-7-4-9-28(20(14)15)24(17)32/h3,5-6,11,16,21H,4,7-10,12-13H2,1-2H3,(H,26,30)(H,27,31)/t16-,21+/m0/s1. The first kappa shape index (κ1) is 21.7. The summed E-state index contributed by atoms with van der Waals surface area (Å²) in [5.74, 6) is 0.493. The first-order valence-electron chi connectivity index (χ1n) is 11.9. The summed E-state index contributed by atoms with van der Waals surface area (Å²) in [5, 5.41) is 6.42. The van der Waals surface area contributed by atoms with Gasteiger partial charge in [-0.2, -0.15) is 0 Å². The molecule has 3 aliphatic rings. The predicted octanol–water partition coefficient (Wildman–Crippen LogP) is 3.34. The fourth-order valence-electron chi connectivity index (χ4n) is 5.76. The maximum Gasteiger partial charge on any atom is 0.270 e. The molecule has 5 heterocycles. The largest absolute Gasteiger partial charge is 0.375 e. The van der Waals surface area contributed by atoms with Crippen molar-refractivity contribution in [2.75, 3.05) is 17.7 Å². The van der Waals surface area contributed by atoms with Crippen LogP contribution in [-0.2, 0) is 22.5 Å². The van der Waals surface area contributed by atoms with E-state index in [4.69, 9.17) is 4.74 Å². The lowest BCUT2D eigenvalue weighted by Crippen LogP contribution is -2.36. The Kier molecular flexibility index (Phi) is 5.04. The molecule has 3 aromatic rings. The highest BCUT2D eigenvalue weighted by molar-refractivity contribution is 8.00. The van der Waals surface area contributed by atoms with Crippen molar-refractivity contribution < 1.29 is 9.53 Å². The van der Waals surface area contributed by atoms with Crippen LogP contribution in [0.15, 0.2) is 33.9 Å². The third-order valence-corrected chi connectivity index (χ3v) is 8.49. The number of ether oxygens (including phenoxy) is 1. The Hall–Kier alpha value is -2.78. The predicted molar refractivity (Wildman–Crippen MR) is 133 cm³/mol. The van der Waals surface area contributed by atoms with E-state index in [2.05, 4.69) is 16.5 Å². The van der Waals surface area contributed by atoms with Crippen molar-refractivity contribution in [3.63, 3.8) is 0 Å². The number of amides is 1. The minimum Gasteiger partial charge on any atom is -0.375 e. The second kappa shape index (κ2) is 7.88. The molecule has 0 unspecified atom stereocenters. The number of anilines is 1. The van der Waals surface area contributed by atoms with Crippen molar-refractivity contribution in [1.29, 1.82) is 0 Å². The van der Waals surface area contributed by atoms with Gasteiger partial charge in [-0.15, -0.1) is 11.8 Å². The van der Waals surface area contributed by atoms with Crippen molar-refractivity contribution in [1.82, 2.24) is 14.3 Å². The Balaban J connectivity index is 1.53. The summed E-state index contributed by atoms with van der Waals surface area (Å²) in [5.41, 5.74) is 2.54. The van der Waals surface area contributed by atoms with Crippen molar-refractivity contribution in [2.45, 2.75) is 63.0 Å². The van der Waals surface area contributed by atoms with Gasteiger partial charge in [0.05, 0.1) is 33.7 Å². The molecular weight excluding hydrogens is 452 g/mol. The van der Waals surface area contributed by atoms with E-state index in [9.17, 15) is 14.4 Å². The molecule has 0 saturated carbocycles. The quantitative estimate of drug-likeness (QED) is 0.586. The number of carbonyl (C=O) groups is 1. The zero-order valence-corrected chi connectivity index (χ0v) is 20.2. The molecule has 2 atom stereocenters. The summed E-state index contributed by atoms with van der Waals surface area (Å²) in [7, 11) is 0. The van der Waals surface area contributed by atoms with E-state index < -0.39 is 5.25 Å². The molecule has 0 bridgehead atoms. The van der Waals surface area contributed by atoms with Gasteiger partial charge in [-0.3, -0.25) is 24.2 Å². The Morgan fingerprint density at radius 2 is 2.06 bits per heavy atom. The molecule has 0 spiro atoms. The molecule has 1 amide bonds. The van der Waals surface area contributed by atoms with Gasteiger partial charge < -0.3 is 14.6 Å². The molecule has 9 heteroatoms. The van der Waals surface area contributed by atoms with Gasteiger partial charge in [-0.25, -0.2) is 0 Å². The number of rotatable bonds is 2. The number of aromatic nitrogens is 3. The van der Waals surface area contributed by atoms with Crippen LogP contribution in [-0.4, -0.2) is 38.2 Å². The summed E-state index contributed by atoms with van der Waals surface area (Å²) in [4.78, 5) is 39.8. The summed E-state index contributed by atoms with van der Waals surface area (Å²) in [6.07, 6.45) is 3.32. The lowest BCUT2D eigenvalue weighted by atomic mass is 9.94. The molecule has 1 saturated heterocycles. The maximum atomic E-state index is 13.7. The monoisotopic (exact) mass is 480 g/mol. The number of hydrogen-bond donors (Lipinski definition) is 2. The van der Waals surface area contributed by atoms with Crippen LogP contribution in [0.2, 0.25) is 0 Å². The van der Waals surface area contributed by atoms with Crippen LogP contribution >= 0.6 is 11.8 Å². The summed E-state index contributed by atoms with van der Waals surface area (Å²) in [6.45, 7) is 5.31. The van der Waals surface area contributed by atoms with Gasteiger partial charge in [0.25, 0.3) is 11.1 Å². The first-order chi connectivity index (χ1) is 16.3. The molecule has 2 aromatic heterocycles. The maximum absolute atomic E-state index is 13.7. The van der Waals surface area contributed by atoms with Crippen molar-refractivity contribution >= 4 is 34.4 Å². The first-order valence-corrected chi connectivity index (χ1v) is 12.9. The summed E-state index contributed by atoms with van der Waals surface area (Å²) >= 11 is 1.34. The number of nitrogens with one attached hydrogen (secondary N) is 2. The molecule has 1 aromatic carbocycles. The van der Waals surface area contributed by atoms with Gasteiger partial charge >= 0.3 is 0 Å². The zero-order valence-electron chi connectivity index (χ0n) is 19.3. The molecule has 178 valence electrons. The number of carbonyl (C=O) groups excluding carboxylic acids is 1.